The van der Waals surface area contributed by atoms with Gasteiger partial charge in [0.15, 0.2) is 5.82 Å². The van der Waals surface area contributed by atoms with Gasteiger partial charge >= 0.3 is 5.97 Å². The lowest BCUT2D eigenvalue weighted by atomic mass is 10.1. The van der Waals surface area contributed by atoms with Crippen molar-refractivity contribution in [2.45, 2.75) is 31.4 Å². The van der Waals surface area contributed by atoms with Gasteiger partial charge in [-0.2, -0.15) is 0 Å². The highest BCUT2D eigenvalue weighted by Crippen LogP contribution is 2.30. The van der Waals surface area contributed by atoms with Crippen molar-refractivity contribution in [1.29, 1.82) is 0 Å². The molecule has 1 aromatic rings. The summed E-state index contributed by atoms with van der Waals surface area (Å²) in [7, 11) is 1.64. The van der Waals surface area contributed by atoms with Gasteiger partial charge in [-0.25, -0.2) is 9.18 Å². The Labute approximate surface area is 119 Å². The van der Waals surface area contributed by atoms with Crippen LogP contribution in [0.1, 0.15) is 29.6 Å². The van der Waals surface area contributed by atoms with Crippen molar-refractivity contribution in [3.05, 3.63) is 28.0 Å². The molecule has 2 atom stereocenters. The molecule has 2 unspecified atom stereocenters. The zero-order valence-electron chi connectivity index (χ0n) is 10.5. The van der Waals surface area contributed by atoms with Crippen molar-refractivity contribution in [3.8, 4) is 0 Å². The van der Waals surface area contributed by atoms with E-state index in [0.29, 0.717) is 5.69 Å². The smallest absolute Gasteiger partial charge is 0.336 e. The maximum atomic E-state index is 14.1. The molecule has 1 aliphatic carbocycles. The quantitative estimate of drug-likeness (QED) is 0.889. The van der Waals surface area contributed by atoms with Gasteiger partial charge in [0.05, 0.1) is 27.9 Å². The average molecular weight is 332 g/mol. The van der Waals surface area contributed by atoms with Crippen LogP contribution < -0.4 is 5.32 Å². The standard InChI is InChI=1S/C13H15BrFNO3/c1-19-10-4-2-3-8(10)16-9-6-5-7(13(17)18)11(14)12(9)15/h5-6,8,10,16H,2-4H2,1H3,(H,17,18). The number of aromatic carboxylic acids is 1. The molecule has 4 nitrogen and oxygen atoms in total. The number of methoxy groups -OCH3 is 1. The minimum Gasteiger partial charge on any atom is -0.478 e. The Morgan fingerprint density at radius 1 is 1.53 bits per heavy atom. The first-order valence-electron chi connectivity index (χ1n) is 6.05. The highest BCUT2D eigenvalue weighted by atomic mass is 79.9. The maximum absolute atomic E-state index is 14.1. The largest absolute Gasteiger partial charge is 0.478 e. The SMILES string of the molecule is COC1CCCC1Nc1ccc(C(=O)O)c(Br)c1F. The molecule has 1 fully saturated rings. The van der Waals surface area contributed by atoms with Crippen LogP contribution in [0.3, 0.4) is 0 Å². The van der Waals surface area contributed by atoms with Crippen LogP contribution in [0.25, 0.3) is 0 Å². The molecule has 0 spiro atoms. The van der Waals surface area contributed by atoms with Crippen LogP contribution >= 0.6 is 15.9 Å². The summed E-state index contributed by atoms with van der Waals surface area (Å²) in [5, 5.41) is 12.0. The summed E-state index contributed by atoms with van der Waals surface area (Å²) in [6, 6.07) is 2.89. The van der Waals surface area contributed by atoms with Crippen molar-refractivity contribution in [2.75, 3.05) is 12.4 Å². The Kier molecular flexibility index (Phi) is 4.42. The molecule has 0 radical (unpaired) electrons. The lowest BCUT2D eigenvalue weighted by molar-refractivity contribution is 0.0695. The summed E-state index contributed by atoms with van der Waals surface area (Å²) in [6.45, 7) is 0. The van der Waals surface area contributed by atoms with Crippen LogP contribution in [0, 0.1) is 5.82 Å². The third-order valence-electron chi connectivity index (χ3n) is 3.41. The molecule has 0 bridgehead atoms. The Morgan fingerprint density at radius 3 is 2.89 bits per heavy atom. The molecule has 1 aromatic carbocycles. The number of hydrogen-bond donors (Lipinski definition) is 2. The second-order valence-electron chi connectivity index (χ2n) is 4.55. The molecule has 0 heterocycles. The van der Waals surface area contributed by atoms with Crippen molar-refractivity contribution in [1.82, 2.24) is 0 Å². The third kappa shape index (κ3) is 2.90. The van der Waals surface area contributed by atoms with E-state index in [1.165, 1.54) is 12.1 Å². The summed E-state index contributed by atoms with van der Waals surface area (Å²) in [6.07, 6.45) is 2.96. The normalized spacial score (nSPS) is 22.5. The number of benzene rings is 1. The molecule has 2 N–H and O–H groups in total. The van der Waals surface area contributed by atoms with E-state index in [4.69, 9.17) is 9.84 Å². The highest BCUT2D eigenvalue weighted by molar-refractivity contribution is 9.10. The summed E-state index contributed by atoms with van der Waals surface area (Å²) in [4.78, 5) is 10.9. The van der Waals surface area contributed by atoms with Gasteiger partial charge in [0.2, 0.25) is 0 Å². The molecule has 1 aliphatic rings. The first-order chi connectivity index (χ1) is 9.04. The zero-order valence-corrected chi connectivity index (χ0v) is 12.0. The molecule has 0 aliphatic heterocycles. The number of rotatable bonds is 4. The van der Waals surface area contributed by atoms with Gasteiger partial charge in [0.25, 0.3) is 0 Å². The molecular formula is C13H15BrFNO3. The minimum atomic E-state index is -1.16. The Hall–Kier alpha value is -1.14. The number of carboxylic acids is 1. The Bertz CT molecular complexity index is 495. The first-order valence-corrected chi connectivity index (χ1v) is 6.84. The highest BCUT2D eigenvalue weighted by Gasteiger charge is 2.28. The third-order valence-corrected chi connectivity index (χ3v) is 4.18. The van der Waals surface area contributed by atoms with E-state index in [2.05, 4.69) is 21.2 Å². The van der Waals surface area contributed by atoms with Gasteiger partial charge in [-0.1, -0.05) is 0 Å². The fraction of sp³-hybridized carbons (Fsp3) is 0.462. The number of carboxylic acid groups (broad SMARTS) is 1. The maximum Gasteiger partial charge on any atom is 0.336 e. The summed E-state index contributed by atoms with van der Waals surface area (Å²) in [5.74, 6) is -1.74. The summed E-state index contributed by atoms with van der Waals surface area (Å²) >= 11 is 2.99. The van der Waals surface area contributed by atoms with Gasteiger partial charge in [-0.3, -0.25) is 0 Å². The lowest BCUT2D eigenvalue weighted by Crippen LogP contribution is -2.30. The van der Waals surface area contributed by atoms with Crippen molar-refractivity contribution >= 4 is 27.6 Å². The lowest BCUT2D eigenvalue weighted by Gasteiger charge is -2.21. The molecule has 1 saturated carbocycles. The van der Waals surface area contributed by atoms with Crippen molar-refractivity contribution < 1.29 is 19.0 Å². The van der Waals surface area contributed by atoms with E-state index in [0.717, 1.165) is 19.3 Å². The van der Waals surface area contributed by atoms with Crippen LogP contribution in [-0.4, -0.2) is 30.3 Å². The van der Waals surface area contributed by atoms with E-state index in [1.807, 2.05) is 0 Å². The van der Waals surface area contributed by atoms with E-state index < -0.39 is 11.8 Å². The van der Waals surface area contributed by atoms with Gasteiger partial charge in [0.1, 0.15) is 0 Å². The van der Waals surface area contributed by atoms with Crippen LogP contribution in [0.2, 0.25) is 0 Å². The van der Waals surface area contributed by atoms with Gasteiger partial charge < -0.3 is 15.2 Å². The number of ether oxygens (including phenoxy) is 1. The molecule has 0 aromatic heterocycles. The zero-order chi connectivity index (χ0) is 14.0. The predicted molar refractivity (Wildman–Crippen MR) is 73.1 cm³/mol. The monoisotopic (exact) mass is 331 g/mol. The van der Waals surface area contributed by atoms with Crippen LogP contribution in [0.5, 0.6) is 0 Å². The number of anilines is 1. The number of halogens is 2. The van der Waals surface area contributed by atoms with Gasteiger partial charge in [-0.15, -0.1) is 0 Å². The molecule has 6 heteroatoms. The summed E-state index contributed by atoms with van der Waals surface area (Å²) < 4.78 is 19.4. The number of carbonyl (C=O) groups is 1. The van der Waals surface area contributed by atoms with Crippen LogP contribution in [0.4, 0.5) is 10.1 Å². The fourth-order valence-electron chi connectivity index (χ4n) is 2.40. The number of nitrogens with one attached hydrogen (secondary N) is 1. The van der Waals surface area contributed by atoms with Crippen LogP contribution in [-0.2, 0) is 4.74 Å². The molecular weight excluding hydrogens is 317 g/mol. The molecule has 19 heavy (non-hydrogen) atoms. The van der Waals surface area contributed by atoms with E-state index in [1.54, 1.807) is 7.11 Å². The topological polar surface area (TPSA) is 58.6 Å². The van der Waals surface area contributed by atoms with Crippen molar-refractivity contribution in [2.24, 2.45) is 0 Å². The second kappa shape index (κ2) is 5.88. The number of hydrogen-bond acceptors (Lipinski definition) is 3. The molecule has 104 valence electrons. The Balaban J connectivity index is 2.22. The van der Waals surface area contributed by atoms with Crippen LogP contribution in [0.15, 0.2) is 16.6 Å². The minimum absolute atomic E-state index is 0.0306. The second-order valence-corrected chi connectivity index (χ2v) is 5.34. The average Bonchev–Trinajstić information content (AvgIpc) is 2.82. The Morgan fingerprint density at radius 2 is 2.26 bits per heavy atom. The molecule has 0 saturated heterocycles. The predicted octanol–water partition coefficient (Wildman–Crippen LogP) is 3.27. The van der Waals surface area contributed by atoms with Crippen molar-refractivity contribution in [3.63, 3.8) is 0 Å². The van der Waals surface area contributed by atoms with Gasteiger partial charge in [0, 0.05) is 7.11 Å². The summed E-state index contributed by atoms with van der Waals surface area (Å²) in [5.41, 5.74) is 0.212. The molecule has 2 rings (SSSR count). The van der Waals surface area contributed by atoms with Gasteiger partial charge in [-0.05, 0) is 47.3 Å². The van der Waals surface area contributed by atoms with E-state index in [-0.39, 0.29) is 22.2 Å². The molecule has 0 amide bonds. The first kappa shape index (κ1) is 14.3. The fourth-order valence-corrected chi connectivity index (χ4v) is 2.91. The van der Waals surface area contributed by atoms with E-state index in [9.17, 15) is 9.18 Å². The van der Waals surface area contributed by atoms with E-state index >= 15 is 0 Å².